The van der Waals surface area contributed by atoms with Gasteiger partial charge in [-0.2, -0.15) is 13.2 Å². The molecule has 0 saturated carbocycles. The number of halogens is 3. The number of hydrogen-bond donors (Lipinski definition) is 1. The van der Waals surface area contributed by atoms with Gasteiger partial charge in [-0.15, -0.1) is 0 Å². The highest BCUT2D eigenvalue weighted by molar-refractivity contribution is 7.90. The molecule has 1 aliphatic rings. The lowest BCUT2D eigenvalue weighted by Gasteiger charge is -2.14. The Morgan fingerprint density at radius 3 is 2.46 bits per heavy atom. The van der Waals surface area contributed by atoms with Crippen LogP contribution in [0.5, 0.6) is 5.75 Å². The van der Waals surface area contributed by atoms with Crippen molar-refractivity contribution in [1.29, 1.82) is 0 Å². The monoisotopic (exact) mass is 413 g/mol. The molecule has 1 unspecified atom stereocenters. The molecule has 152 valence electrons. The normalized spacial score (nSPS) is 17.0. The first-order valence-corrected chi connectivity index (χ1v) is 10.5. The van der Waals surface area contributed by atoms with E-state index in [1.807, 2.05) is 12.1 Å². The summed E-state index contributed by atoms with van der Waals surface area (Å²) in [6.07, 6.45) is -3.33. The summed E-state index contributed by atoms with van der Waals surface area (Å²) in [6, 6.07) is 10.5. The third kappa shape index (κ3) is 4.67. The second kappa shape index (κ2) is 7.75. The molecule has 0 radical (unpaired) electrons. The molecular formula is C20H22F3NO3S. The summed E-state index contributed by atoms with van der Waals surface area (Å²) < 4.78 is 71.4. The second-order valence-electron chi connectivity index (χ2n) is 7.20. The molecule has 4 nitrogen and oxygen atoms in total. The fourth-order valence-electron chi connectivity index (χ4n) is 3.20. The number of para-hydroxylation sites is 1. The van der Waals surface area contributed by atoms with E-state index in [-0.39, 0.29) is 18.4 Å². The van der Waals surface area contributed by atoms with Gasteiger partial charge >= 0.3 is 6.18 Å². The molecule has 8 heteroatoms. The number of fused-ring (bicyclic) bond motifs is 1. The number of alkyl halides is 3. The maximum Gasteiger partial charge on any atom is 0.419 e. The van der Waals surface area contributed by atoms with Gasteiger partial charge in [0.15, 0.2) is 0 Å². The minimum Gasteiger partial charge on any atom is -0.488 e. The van der Waals surface area contributed by atoms with E-state index >= 15 is 0 Å². The number of rotatable bonds is 6. The van der Waals surface area contributed by atoms with Crippen LogP contribution in [0.15, 0.2) is 42.5 Å². The van der Waals surface area contributed by atoms with Crippen molar-refractivity contribution in [3.8, 4) is 5.75 Å². The molecule has 2 aromatic rings. The van der Waals surface area contributed by atoms with Crippen molar-refractivity contribution in [2.75, 3.05) is 0 Å². The molecule has 0 bridgehead atoms. The molecule has 0 saturated heterocycles. The Labute approximate surface area is 162 Å². The quantitative estimate of drug-likeness (QED) is 0.777. The average Bonchev–Trinajstić information content (AvgIpc) is 3.00. The minimum atomic E-state index is -4.48. The molecule has 0 fully saturated rings. The molecule has 1 N–H and O–H groups in total. The highest BCUT2D eigenvalue weighted by Gasteiger charge is 2.34. The van der Waals surface area contributed by atoms with Gasteiger partial charge in [0.25, 0.3) is 0 Å². The highest BCUT2D eigenvalue weighted by atomic mass is 32.2. The number of hydrogen-bond acceptors (Lipinski definition) is 3. The van der Waals surface area contributed by atoms with E-state index in [0.29, 0.717) is 12.8 Å². The average molecular weight is 413 g/mol. The van der Waals surface area contributed by atoms with Crippen LogP contribution in [0, 0.1) is 0 Å². The fourth-order valence-corrected chi connectivity index (χ4v) is 4.10. The van der Waals surface area contributed by atoms with Crippen LogP contribution in [0.1, 0.15) is 36.1 Å². The van der Waals surface area contributed by atoms with Gasteiger partial charge in [0.2, 0.25) is 10.0 Å². The van der Waals surface area contributed by atoms with Crippen molar-refractivity contribution in [3.05, 3.63) is 64.7 Å². The maximum atomic E-state index is 13.1. The smallest absolute Gasteiger partial charge is 0.419 e. The first-order chi connectivity index (χ1) is 13.1. The van der Waals surface area contributed by atoms with Gasteiger partial charge in [0.1, 0.15) is 12.4 Å². The van der Waals surface area contributed by atoms with E-state index in [0.717, 1.165) is 22.8 Å². The third-order valence-corrected chi connectivity index (χ3v) is 6.64. The van der Waals surface area contributed by atoms with Crippen LogP contribution in [-0.2, 0) is 35.6 Å². The lowest BCUT2D eigenvalue weighted by atomic mass is 10.1. The van der Waals surface area contributed by atoms with Gasteiger partial charge in [-0.25, -0.2) is 13.1 Å². The molecule has 0 aromatic heterocycles. The first kappa shape index (κ1) is 20.7. The third-order valence-electron chi connectivity index (χ3n) is 4.74. The highest BCUT2D eigenvalue weighted by Crippen LogP contribution is 2.36. The largest absolute Gasteiger partial charge is 0.488 e. The molecule has 0 aliphatic heterocycles. The molecule has 1 atom stereocenters. The molecule has 1 aliphatic carbocycles. The summed E-state index contributed by atoms with van der Waals surface area (Å²) in [5.74, 6) is -0.210. The van der Waals surface area contributed by atoms with Crippen LogP contribution < -0.4 is 9.46 Å². The van der Waals surface area contributed by atoms with E-state index in [4.69, 9.17) is 4.74 Å². The van der Waals surface area contributed by atoms with E-state index in [9.17, 15) is 21.6 Å². The molecule has 0 heterocycles. The van der Waals surface area contributed by atoms with E-state index in [2.05, 4.69) is 4.72 Å². The minimum absolute atomic E-state index is 0.00274. The van der Waals surface area contributed by atoms with Crippen molar-refractivity contribution >= 4 is 10.0 Å². The van der Waals surface area contributed by atoms with E-state index < -0.39 is 27.0 Å². The van der Waals surface area contributed by atoms with Crippen LogP contribution in [0.3, 0.4) is 0 Å². The Morgan fingerprint density at radius 1 is 1.11 bits per heavy atom. The molecule has 0 amide bonds. The van der Waals surface area contributed by atoms with Crippen LogP contribution in [0.25, 0.3) is 0 Å². The zero-order valence-corrected chi connectivity index (χ0v) is 16.4. The predicted octanol–water partition coefficient (Wildman–Crippen LogP) is 4.08. The molecule has 28 heavy (non-hydrogen) atoms. The summed E-state index contributed by atoms with van der Waals surface area (Å²) >= 11 is 0. The SMILES string of the molecule is CC(C)S(=O)(=O)NC1Cc2ccc(COc3ccccc3C(F)(F)F)cc2C1. The van der Waals surface area contributed by atoms with Crippen LogP contribution >= 0.6 is 0 Å². The van der Waals surface area contributed by atoms with Crippen molar-refractivity contribution in [2.45, 2.75) is 50.8 Å². The van der Waals surface area contributed by atoms with E-state index in [1.165, 1.54) is 18.2 Å². The molecule has 0 spiro atoms. The van der Waals surface area contributed by atoms with E-state index in [1.54, 1.807) is 19.9 Å². The first-order valence-electron chi connectivity index (χ1n) is 8.97. The summed E-state index contributed by atoms with van der Waals surface area (Å²) in [6.45, 7) is 3.25. The number of sulfonamides is 1. The van der Waals surface area contributed by atoms with Gasteiger partial charge in [0.05, 0.1) is 10.8 Å². The predicted molar refractivity (Wildman–Crippen MR) is 101 cm³/mol. The Balaban J connectivity index is 1.68. The maximum absolute atomic E-state index is 13.1. The standard InChI is InChI=1S/C20H22F3NO3S/c1-13(2)28(25,26)24-17-10-15-8-7-14(9-16(15)11-17)12-27-19-6-4-3-5-18(19)20(21,22)23/h3-9,13,17,24H,10-12H2,1-2H3. The van der Waals surface area contributed by atoms with Crippen LogP contribution in [0.4, 0.5) is 13.2 Å². The number of ether oxygens (including phenoxy) is 1. The van der Waals surface area contributed by atoms with Gasteiger partial charge in [-0.1, -0.05) is 30.3 Å². The summed E-state index contributed by atoms with van der Waals surface area (Å²) in [7, 11) is -3.36. The van der Waals surface area contributed by atoms with Gasteiger partial charge in [-0.3, -0.25) is 0 Å². The molecule has 3 rings (SSSR count). The number of benzene rings is 2. The molecular weight excluding hydrogens is 391 g/mol. The topological polar surface area (TPSA) is 55.4 Å². The lowest BCUT2D eigenvalue weighted by Crippen LogP contribution is -2.39. The Hall–Kier alpha value is -2.06. The van der Waals surface area contributed by atoms with Crippen molar-refractivity contribution in [2.24, 2.45) is 0 Å². The van der Waals surface area contributed by atoms with Gasteiger partial charge in [0, 0.05) is 6.04 Å². The fraction of sp³-hybridized carbons (Fsp3) is 0.400. The van der Waals surface area contributed by atoms with Crippen LogP contribution in [0.2, 0.25) is 0 Å². The number of nitrogens with one attached hydrogen (secondary N) is 1. The zero-order valence-electron chi connectivity index (χ0n) is 15.6. The summed E-state index contributed by atoms with van der Waals surface area (Å²) in [5, 5.41) is -0.506. The van der Waals surface area contributed by atoms with Crippen LogP contribution in [-0.4, -0.2) is 19.7 Å². The summed E-state index contributed by atoms with van der Waals surface area (Å²) in [4.78, 5) is 0. The van der Waals surface area contributed by atoms with Crippen molar-refractivity contribution in [1.82, 2.24) is 4.72 Å². The Morgan fingerprint density at radius 2 is 1.79 bits per heavy atom. The Bertz CT molecular complexity index is 955. The van der Waals surface area contributed by atoms with Crippen molar-refractivity contribution < 1.29 is 26.3 Å². The zero-order chi connectivity index (χ0) is 20.5. The van der Waals surface area contributed by atoms with Gasteiger partial charge in [-0.05, 0) is 55.5 Å². The molecule has 2 aromatic carbocycles. The lowest BCUT2D eigenvalue weighted by molar-refractivity contribution is -0.139. The van der Waals surface area contributed by atoms with Crippen molar-refractivity contribution in [3.63, 3.8) is 0 Å². The van der Waals surface area contributed by atoms with Gasteiger partial charge < -0.3 is 4.74 Å². The second-order valence-corrected chi connectivity index (χ2v) is 9.47. The Kier molecular flexibility index (Phi) is 5.72. The summed E-state index contributed by atoms with van der Waals surface area (Å²) in [5.41, 5.74) is 1.96.